The van der Waals surface area contributed by atoms with Crippen LogP contribution >= 0.6 is 0 Å². The molecule has 0 unspecified atom stereocenters. The summed E-state index contributed by atoms with van der Waals surface area (Å²) in [5.74, 6) is -0.399. The van der Waals surface area contributed by atoms with Crippen LogP contribution in [0.2, 0.25) is 0 Å². The second-order valence-corrected chi connectivity index (χ2v) is 5.81. The fraction of sp³-hybridized carbons (Fsp3) is 0.500. The minimum Gasteiger partial charge on any atom is -0.367 e. The van der Waals surface area contributed by atoms with Crippen LogP contribution in [0.25, 0.3) is 0 Å². The van der Waals surface area contributed by atoms with E-state index >= 15 is 0 Å². The van der Waals surface area contributed by atoms with Crippen LogP contribution < -0.4 is 5.73 Å². The van der Waals surface area contributed by atoms with E-state index in [9.17, 15) is 9.59 Å². The number of rotatable bonds is 3. The number of morpholine rings is 1. The Kier molecular flexibility index (Phi) is 3.68. The number of ether oxygens (including phenoxy) is 1. The monoisotopic (exact) mass is 288 g/mol. The van der Waals surface area contributed by atoms with E-state index < -0.39 is 17.4 Å². The van der Waals surface area contributed by atoms with Gasteiger partial charge in [-0.1, -0.05) is 36.8 Å². The molecule has 3 rings (SSSR count). The molecule has 1 aliphatic heterocycles. The SMILES string of the molecule is NC(=O)[C@H]1CN(C(=O)C2(c3ccccc3)CCC2)CCO1. The van der Waals surface area contributed by atoms with Gasteiger partial charge in [-0.25, -0.2) is 0 Å². The summed E-state index contributed by atoms with van der Waals surface area (Å²) in [6.07, 6.45) is 2.11. The molecule has 2 fully saturated rings. The van der Waals surface area contributed by atoms with Crippen molar-refractivity contribution in [3.05, 3.63) is 35.9 Å². The summed E-state index contributed by atoms with van der Waals surface area (Å²) in [5, 5.41) is 0. The highest BCUT2D eigenvalue weighted by molar-refractivity contribution is 5.90. The van der Waals surface area contributed by atoms with Gasteiger partial charge >= 0.3 is 0 Å². The van der Waals surface area contributed by atoms with Gasteiger partial charge in [0.25, 0.3) is 0 Å². The molecule has 0 bridgehead atoms. The Morgan fingerprint density at radius 1 is 1.24 bits per heavy atom. The lowest BCUT2D eigenvalue weighted by Crippen LogP contribution is -2.57. The van der Waals surface area contributed by atoms with Gasteiger partial charge in [-0.2, -0.15) is 0 Å². The molecule has 1 saturated heterocycles. The topological polar surface area (TPSA) is 72.6 Å². The fourth-order valence-electron chi connectivity index (χ4n) is 3.22. The molecular formula is C16H20N2O3. The van der Waals surface area contributed by atoms with Crippen molar-refractivity contribution in [1.29, 1.82) is 0 Å². The maximum atomic E-state index is 13.0. The molecule has 0 aromatic heterocycles. The van der Waals surface area contributed by atoms with Gasteiger partial charge in [0, 0.05) is 6.54 Å². The van der Waals surface area contributed by atoms with Crippen molar-refractivity contribution in [3.63, 3.8) is 0 Å². The Labute approximate surface area is 124 Å². The summed E-state index contributed by atoms with van der Waals surface area (Å²) < 4.78 is 5.32. The second-order valence-electron chi connectivity index (χ2n) is 5.81. The zero-order chi connectivity index (χ0) is 14.9. The van der Waals surface area contributed by atoms with Gasteiger partial charge < -0.3 is 15.4 Å². The van der Waals surface area contributed by atoms with E-state index in [1.165, 1.54) is 0 Å². The number of hydrogen-bond donors (Lipinski definition) is 1. The molecule has 5 nitrogen and oxygen atoms in total. The summed E-state index contributed by atoms with van der Waals surface area (Å²) in [7, 11) is 0. The molecule has 1 saturated carbocycles. The lowest BCUT2D eigenvalue weighted by atomic mass is 9.63. The van der Waals surface area contributed by atoms with Crippen LogP contribution in [0.3, 0.4) is 0 Å². The third-order valence-corrected chi connectivity index (χ3v) is 4.61. The van der Waals surface area contributed by atoms with Crippen molar-refractivity contribution in [2.24, 2.45) is 5.73 Å². The molecule has 1 heterocycles. The number of nitrogens with two attached hydrogens (primary N) is 1. The van der Waals surface area contributed by atoms with Crippen LogP contribution in [-0.2, 0) is 19.7 Å². The largest absolute Gasteiger partial charge is 0.367 e. The van der Waals surface area contributed by atoms with Crippen LogP contribution in [0, 0.1) is 0 Å². The van der Waals surface area contributed by atoms with E-state index in [-0.39, 0.29) is 12.5 Å². The summed E-state index contributed by atoms with van der Waals surface area (Å²) in [4.78, 5) is 26.0. The summed E-state index contributed by atoms with van der Waals surface area (Å²) in [6.45, 7) is 1.16. The van der Waals surface area contributed by atoms with Crippen molar-refractivity contribution in [2.45, 2.75) is 30.8 Å². The number of benzene rings is 1. The molecular weight excluding hydrogens is 268 g/mol. The molecule has 112 valence electrons. The Morgan fingerprint density at radius 2 is 1.95 bits per heavy atom. The predicted molar refractivity (Wildman–Crippen MR) is 77.5 cm³/mol. The average molecular weight is 288 g/mol. The number of carbonyl (C=O) groups excluding carboxylic acids is 2. The maximum Gasteiger partial charge on any atom is 0.248 e. The van der Waals surface area contributed by atoms with Gasteiger partial charge in [0.2, 0.25) is 11.8 Å². The molecule has 2 N–H and O–H groups in total. The van der Waals surface area contributed by atoms with E-state index in [0.29, 0.717) is 13.2 Å². The van der Waals surface area contributed by atoms with Crippen molar-refractivity contribution in [1.82, 2.24) is 4.90 Å². The Balaban J connectivity index is 1.81. The predicted octanol–water partition coefficient (Wildman–Crippen LogP) is 0.821. The molecule has 1 aromatic rings. The van der Waals surface area contributed by atoms with Crippen LogP contribution in [-0.4, -0.2) is 42.5 Å². The molecule has 1 aromatic carbocycles. The number of nitrogens with zero attached hydrogens (tertiary/aromatic N) is 1. The first kappa shape index (κ1) is 14.1. The van der Waals surface area contributed by atoms with E-state index in [1.807, 2.05) is 30.3 Å². The first-order valence-electron chi connectivity index (χ1n) is 7.39. The third-order valence-electron chi connectivity index (χ3n) is 4.61. The normalized spacial score (nSPS) is 24.2. The standard InChI is InChI=1S/C16H20N2O3/c17-14(19)13-11-18(9-10-21-13)15(20)16(7-4-8-16)12-5-2-1-3-6-12/h1-3,5-6,13H,4,7-11H2,(H2,17,19)/t13-/m1/s1. The van der Waals surface area contributed by atoms with Gasteiger partial charge in [0.05, 0.1) is 18.6 Å². The van der Waals surface area contributed by atoms with Gasteiger partial charge in [0.1, 0.15) is 0 Å². The Morgan fingerprint density at radius 3 is 2.52 bits per heavy atom. The molecule has 2 aliphatic rings. The van der Waals surface area contributed by atoms with Gasteiger partial charge in [-0.3, -0.25) is 9.59 Å². The van der Waals surface area contributed by atoms with Crippen molar-refractivity contribution in [3.8, 4) is 0 Å². The molecule has 21 heavy (non-hydrogen) atoms. The van der Waals surface area contributed by atoms with Crippen LogP contribution in [0.1, 0.15) is 24.8 Å². The first-order chi connectivity index (χ1) is 10.1. The average Bonchev–Trinajstić information content (AvgIpc) is 2.47. The van der Waals surface area contributed by atoms with E-state index in [2.05, 4.69) is 0 Å². The molecule has 1 aliphatic carbocycles. The smallest absolute Gasteiger partial charge is 0.248 e. The van der Waals surface area contributed by atoms with E-state index in [4.69, 9.17) is 10.5 Å². The Hall–Kier alpha value is -1.88. The highest BCUT2D eigenvalue weighted by Gasteiger charge is 2.48. The highest BCUT2D eigenvalue weighted by Crippen LogP contribution is 2.45. The zero-order valence-corrected chi connectivity index (χ0v) is 12.0. The molecule has 0 radical (unpaired) electrons. The summed E-state index contributed by atoms with van der Waals surface area (Å²) in [5.41, 5.74) is 5.95. The van der Waals surface area contributed by atoms with Crippen molar-refractivity contribution in [2.75, 3.05) is 19.7 Å². The van der Waals surface area contributed by atoms with Crippen LogP contribution in [0.5, 0.6) is 0 Å². The highest BCUT2D eigenvalue weighted by atomic mass is 16.5. The van der Waals surface area contributed by atoms with Crippen LogP contribution in [0.15, 0.2) is 30.3 Å². The molecule has 0 spiro atoms. The van der Waals surface area contributed by atoms with Gasteiger partial charge in [-0.15, -0.1) is 0 Å². The quantitative estimate of drug-likeness (QED) is 0.895. The molecule has 1 atom stereocenters. The number of amides is 2. The van der Waals surface area contributed by atoms with Crippen LogP contribution in [0.4, 0.5) is 0 Å². The summed E-state index contributed by atoms with van der Waals surface area (Å²) >= 11 is 0. The Bertz CT molecular complexity index is 540. The first-order valence-corrected chi connectivity index (χ1v) is 7.39. The second kappa shape index (κ2) is 5.48. The molecule has 5 heteroatoms. The molecule has 2 amide bonds. The van der Waals surface area contributed by atoms with E-state index in [0.717, 1.165) is 24.8 Å². The van der Waals surface area contributed by atoms with Crippen molar-refractivity contribution < 1.29 is 14.3 Å². The fourth-order valence-corrected chi connectivity index (χ4v) is 3.22. The van der Waals surface area contributed by atoms with E-state index in [1.54, 1.807) is 4.90 Å². The zero-order valence-electron chi connectivity index (χ0n) is 12.0. The lowest BCUT2D eigenvalue weighted by Gasteiger charge is -2.45. The minimum atomic E-state index is -0.685. The number of hydrogen-bond acceptors (Lipinski definition) is 3. The van der Waals surface area contributed by atoms with Gasteiger partial charge in [0.15, 0.2) is 6.10 Å². The van der Waals surface area contributed by atoms with Crippen molar-refractivity contribution >= 4 is 11.8 Å². The van der Waals surface area contributed by atoms with Gasteiger partial charge in [-0.05, 0) is 18.4 Å². The number of primary amides is 1. The lowest BCUT2D eigenvalue weighted by molar-refractivity contribution is -0.152. The maximum absolute atomic E-state index is 13.0. The summed E-state index contributed by atoms with van der Waals surface area (Å²) in [6, 6.07) is 9.92. The third kappa shape index (κ3) is 2.42. The number of carbonyl (C=O) groups is 2. The minimum absolute atomic E-state index is 0.106.